The summed E-state index contributed by atoms with van der Waals surface area (Å²) >= 11 is 0. The van der Waals surface area contributed by atoms with Crippen LogP contribution >= 0.6 is 0 Å². The maximum Gasteiger partial charge on any atom is 0.242 e. The zero-order valence-corrected chi connectivity index (χ0v) is 12.2. The van der Waals surface area contributed by atoms with Crippen molar-refractivity contribution in [2.75, 3.05) is 26.1 Å². The highest BCUT2D eigenvalue weighted by molar-refractivity contribution is 5.84. The fourth-order valence-electron chi connectivity index (χ4n) is 1.76. The van der Waals surface area contributed by atoms with E-state index in [0.29, 0.717) is 18.0 Å². The molecule has 0 radical (unpaired) electrons. The SMILES string of the molecule is CCNC(=O)[C@@H](C)Nc1cc(OC)c(OC)cc1C. The number of hydrogen-bond donors (Lipinski definition) is 2. The molecular weight excluding hydrogens is 244 g/mol. The van der Waals surface area contributed by atoms with Crippen molar-refractivity contribution >= 4 is 11.6 Å². The van der Waals surface area contributed by atoms with Gasteiger partial charge in [0.15, 0.2) is 11.5 Å². The van der Waals surface area contributed by atoms with Crippen molar-refractivity contribution in [1.82, 2.24) is 5.32 Å². The Balaban J connectivity index is 2.92. The number of rotatable bonds is 6. The molecule has 0 aliphatic carbocycles. The van der Waals surface area contributed by atoms with E-state index in [4.69, 9.17) is 9.47 Å². The second-order valence-electron chi connectivity index (χ2n) is 4.28. The lowest BCUT2D eigenvalue weighted by atomic mass is 10.1. The number of carbonyl (C=O) groups is 1. The summed E-state index contributed by atoms with van der Waals surface area (Å²) in [6, 6.07) is 3.41. The molecule has 0 aromatic heterocycles. The molecule has 0 aliphatic heterocycles. The summed E-state index contributed by atoms with van der Waals surface area (Å²) < 4.78 is 10.5. The number of aryl methyl sites for hydroxylation is 1. The number of hydrogen-bond acceptors (Lipinski definition) is 4. The molecule has 1 atom stereocenters. The van der Waals surface area contributed by atoms with E-state index in [1.165, 1.54) is 0 Å². The van der Waals surface area contributed by atoms with Crippen molar-refractivity contribution in [1.29, 1.82) is 0 Å². The first-order valence-electron chi connectivity index (χ1n) is 6.30. The average molecular weight is 266 g/mol. The molecule has 5 nitrogen and oxygen atoms in total. The van der Waals surface area contributed by atoms with E-state index in [9.17, 15) is 4.79 Å². The Hall–Kier alpha value is -1.91. The quantitative estimate of drug-likeness (QED) is 0.826. The molecule has 1 aromatic rings. The van der Waals surface area contributed by atoms with Gasteiger partial charge in [-0.25, -0.2) is 0 Å². The molecule has 106 valence electrons. The van der Waals surface area contributed by atoms with Crippen LogP contribution in [0.15, 0.2) is 12.1 Å². The topological polar surface area (TPSA) is 59.6 Å². The molecule has 0 heterocycles. The molecule has 0 fully saturated rings. The molecule has 0 saturated heterocycles. The summed E-state index contributed by atoms with van der Waals surface area (Å²) in [5.41, 5.74) is 1.85. The number of nitrogens with one attached hydrogen (secondary N) is 2. The molecule has 0 unspecified atom stereocenters. The Kier molecular flexibility index (Phi) is 5.48. The van der Waals surface area contributed by atoms with Gasteiger partial charge in [0.05, 0.1) is 14.2 Å². The van der Waals surface area contributed by atoms with E-state index < -0.39 is 0 Å². The van der Waals surface area contributed by atoms with Crippen LogP contribution in [0, 0.1) is 6.92 Å². The number of methoxy groups -OCH3 is 2. The fraction of sp³-hybridized carbons (Fsp3) is 0.500. The van der Waals surface area contributed by atoms with Gasteiger partial charge < -0.3 is 20.1 Å². The minimum Gasteiger partial charge on any atom is -0.493 e. The molecule has 0 spiro atoms. The minimum atomic E-state index is -0.309. The third-order valence-corrected chi connectivity index (χ3v) is 2.85. The van der Waals surface area contributed by atoms with E-state index in [2.05, 4.69) is 10.6 Å². The van der Waals surface area contributed by atoms with Gasteiger partial charge in [0.1, 0.15) is 6.04 Å². The third-order valence-electron chi connectivity index (χ3n) is 2.85. The lowest BCUT2D eigenvalue weighted by Gasteiger charge is -2.18. The van der Waals surface area contributed by atoms with E-state index in [1.807, 2.05) is 32.9 Å². The van der Waals surface area contributed by atoms with Gasteiger partial charge in [-0.3, -0.25) is 4.79 Å². The molecule has 1 aromatic carbocycles. The van der Waals surface area contributed by atoms with Gasteiger partial charge in [0, 0.05) is 18.3 Å². The maximum absolute atomic E-state index is 11.7. The van der Waals surface area contributed by atoms with Crippen LogP contribution in [0.3, 0.4) is 0 Å². The summed E-state index contributed by atoms with van der Waals surface area (Å²) in [5.74, 6) is 1.28. The number of likely N-dealkylation sites (N-methyl/N-ethyl adjacent to an activating group) is 1. The average Bonchev–Trinajstić information content (AvgIpc) is 2.40. The highest BCUT2D eigenvalue weighted by Crippen LogP contribution is 2.33. The van der Waals surface area contributed by atoms with Crippen molar-refractivity contribution < 1.29 is 14.3 Å². The number of carbonyl (C=O) groups excluding carboxylic acids is 1. The molecule has 1 amide bonds. The Morgan fingerprint density at radius 2 is 1.84 bits per heavy atom. The van der Waals surface area contributed by atoms with Crippen LogP contribution in [0.5, 0.6) is 11.5 Å². The lowest BCUT2D eigenvalue weighted by Crippen LogP contribution is -2.37. The highest BCUT2D eigenvalue weighted by atomic mass is 16.5. The van der Waals surface area contributed by atoms with Gasteiger partial charge in [0.25, 0.3) is 0 Å². The standard InChI is InChI=1S/C14H22N2O3/c1-6-15-14(17)10(3)16-11-8-13(19-5)12(18-4)7-9(11)2/h7-8,10,16H,6H2,1-5H3,(H,15,17)/t10-/m1/s1. The molecule has 0 bridgehead atoms. The number of benzene rings is 1. The van der Waals surface area contributed by atoms with Crippen LogP contribution < -0.4 is 20.1 Å². The zero-order chi connectivity index (χ0) is 14.4. The minimum absolute atomic E-state index is 0.0308. The van der Waals surface area contributed by atoms with E-state index in [1.54, 1.807) is 14.2 Å². The molecule has 2 N–H and O–H groups in total. The normalized spacial score (nSPS) is 11.6. The fourth-order valence-corrected chi connectivity index (χ4v) is 1.76. The van der Waals surface area contributed by atoms with Crippen molar-refractivity contribution in [3.8, 4) is 11.5 Å². The van der Waals surface area contributed by atoms with Gasteiger partial charge in [-0.05, 0) is 32.4 Å². The van der Waals surface area contributed by atoms with E-state index in [-0.39, 0.29) is 11.9 Å². The van der Waals surface area contributed by atoms with Gasteiger partial charge in [-0.2, -0.15) is 0 Å². The second kappa shape index (κ2) is 6.87. The first kappa shape index (κ1) is 15.1. The van der Waals surface area contributed by atoms with Crippen molar-refractivity contribution in [3.05, 3.63) is 17.7 Å². The maximum atomic E-state index is 11.7. The molecule has 19 heavy (non-hydrogen) atoms. The van der Waals surface area contributed by atoms with Gasteiger partial charge in [0.2, 0.25) is 5.91 Å². The first-order valence-corrected chi connectivity index (χ1v) is 6.30. The van der Waals surface area contributed by atoms with Gasteiger partial charge in [-0.15, -0.1) is 0 Å². The van der Waals surface area contributed by atoms with Crippen molar-refractivity contribution in [2.24, 2.45) is 0 Å². The van der Waals surface area contributed by atoms with E-state index in [0.717, 1.165) is 11.3 Å². The zero-order valence-electron chi connectivity index (χ0n) is 12.2. The second-order valence-corrected chi connectivity index (χ2v) is 4.28. The van der Waals surface area contributed by atoms with Crippen LogP contribution in [-0.2, 0) is 4.79 Å². The summed E-state index contributed by atoms with van der Waals surface area (Å²) in [6.45, 7) is 6.29. The van der Waals surface area contributed by atoms with Crippen LogP contribution in [0.1, 0.15) is 19.4 Å². The number of anilines is 1. The van der Waals surface area contributed by atoms with E-state index >= 15 is 0 Å². The third kappa shape index (κ3) is 3.77. The van der Waals surface area contributed by atoms with Crippen molar-refractivity contribution in [2.45, 2.75) is 26.8 Å². The first-order chi connectivity index (χ1) is 9.03. The number of amides is 1. The summed E-state index contributed by atoms with van der Waals surface area (Å²) in [7, 11) is 3.19. The molecule has 1 rings (SSSR count). The Morgan fingerprint density at radius 3 is 2.37 bits per heavy atom. The summed E-state index contributed by atoms with van der Waals surface area (Å²) in [5, 5.41) is 5.95. The smallest absolute Gasteiger partial charge is 0.242 e. The monoisotopic (exact) mass is 266 g/mol. The predicted molar refractivity (Wildman–Crippen MR) is 76.1 cm³/mol. The van der Waals surface area contributed by atoms with Gasteiger partial charge in [-0.1, -0.05) is 0 Å². The summed E-state index contributed by atoms with van der Waals surface area (Å²) in [6.07, 6.45) is 0. The molecule has 0 saturated carbocycles. The van der Waals surface area contributed by atoms with Crippen LogP contribution in [-0.4, -0.2) is 32.7 Å². The Morgan fingerprint density at radius 1 is 1.26 bits per heavy atom. The molecule has 0 aliphatic rings. The van der Waals surface area contributed by atoms with Crippen LogP contribution in [0.2, 0.25) is 0 Å². The Labute approximate surface area is 114 Å². The van der Waals surface area contributed by atoms with Crippen molar-refractivity contribution in [3.63, 3.8) is 0 Å². The summed E-state index contributed by atoms with van der Waals surface area (Å²) in [4.78, 5) is 11.7. The van der Waals surface area contributed by atoms with Crippen LogP contribution in [0.25, 0.3) is 0 Å². The Bertz CT molecular complexity index is 447. The molecular formula is C14H22N2O3. The number of ether oxygens (including phenoxy) is 2. The molecule has 5 heteroatoms. The lowest BCUT2D eigenvalue weighted by molar-refractivity contribution is -0.121. The largest absolute Gasteiger partial charge is 0.493 e. The highest BCUT2D eigenvalue weighted by Gasteiger charge is 2.14. The predicted octanol–water partition coefficient (Wildman–Crippen LogP) is 1.95. The van der Waals surface area contributed by atoms with Gasteiger partial charge >= 0.3 is 0 Å². The van der Waals surface area contributed by atoms with Crippen LogP contribution in [0.4, 0.5) is 5.69 Å².